The Morgan fingerprint density at radius 1 is 1.17 bits per heavy atom. The number of anilines is 2. The quantitative estimate of drug-likeness (QED) is 0.824. The molecule has 3 rings (SSSR count). The summed E-state index contributed by atoms with van der Waals surface area (Å²) in [5, 5.41) is 6.97. The average Bonchev–Trinajstić information content (AvgIpc) is 3.03. The van der Waals surface area contributed by atoms with E-state index in [0.717, 1.165) is 18.5 Å². The minimum absolute atomic E-state index is 0.291. The molecule has 2 aromatic rings. The minimum Gasteiger partial charge on any atom is -0.351 e. The molecule has 126 valence electrons. The maximum absolute atomic E-state index is 12.5. The van der Waals surface area contributed by atoms with E-state index in [1.165, 1.54) is 12.8 Å². The first-order valence-corrected chi connectivity index (χ1v) is 8.65. The van der Waals surface area contributed by atoms with Crippen molar-refractivity contribution in [1.29, 1.82) is 0 Å². The number of carbonyl (C=O) groups is 1. The lowest BCUT2D eigenvalue weighted by atomic mass is 10.2. The number of nitrogens with one attached hydrogen (secondary N) is 2. The largest absolute Gasteiger partial charge is 0.351 e. The smallest absolute Gasteiger partial charge is 0.274 e. The van der Waals surface area contributed by atoms with E-state index in [1.54, 1.807) is 24.3 Å². The maximum atomic E-state index is 12.5. The second-order valence-electron chi connectivity index (χ2n) is 5.92. The normalized spacial score (nSPS) is 14.6. The number of hydrogen-bond donors (Lipinski definition) is 2. The highest BCUT2D eigenvalue weighted by Gasteiger charge is 2.18. The summed E-state index contributed by atoms with van der Waals surface area (Å²) >= 11 is 12.0. The van der Waals surface area contributed by atoms with Gasteiger partial charge in [-0.25, -0.2) is 9.97 Å². The Labute approximate surface area is 150 Å². The van der Waals surface area contributed by atoms with E-state index in [-0.39, 0.29) is 5.91 Å². The lowest BCUT2D eigenvalue weighted by molar-refractivity contribution is 0.102. The van der Waals surface area contributed by atoms with Crippen LogP contribution in [0.3, 0.4) is 0 Å². The van der Waals surface area contributed by atoms with Gasteiger partial charge in [0.05, 0.1) is 10.7 Å². The van der Waals surface area contributed by atoms with Crippen molar-refractivity contribution in [3.63, 3.8) is 0 Å². The summed E-state index contributed by atoms with van der Waals surface area (Å²) in [6.45, 7) is 1.84. The van der Waals surface area contributed by atoms with Crippen molar-refractivity contribution in [1.82, 2.24) is 9.97 Å². The molecule has 0 unspecified atom stereocenters. The number of amides is 1. The Bertz CT molecular complexity index is 760. The van der Waals surface area contributed by atoms with Crippen LogP contribution in [-0.2, 0) is 0 Å². The highest BCUT2D eigenvalue weighted by Crippen LogP contribution is 2.26. The molecule has 0 atom stereocenters. The van der Waals surface area contributed by atoms with E-state index in [4.69, 9.17) is 23.2 Å². The zero-order valence-corrected chi connectivity index (χ0v) is 14.8. The van der Waals surface area contributed by atoms with Gasteiger partial charge in [0.1, 0.15) is 5.69 Å². The van der Waals surface area contributed by atoms with Crippen LogP contribution in [0.15, 0.2) is 24.3 Å². The third-order valence-electron chi connectivity index (χ3n) is 3.95. The molecule has 1 fully saturated rings. The van der Waals surface area contributed by atoms with Crippen molar-refractivity contribution in [2.45, 2.75) is 38.6 Å². The predicted octanol–water partition coefficient (Wildman–Crippen LogP) is 4.70. The summed E-state index contributed by atoms with van der Waals surface area (Å²) in [5.41, 5.74) is 1.47. The van der Waals surface area contributed by atoms with E-state index < -0.39 is 0 Å². The van der Waals surface area contributed by atoms with Crippen LogP contribution in [0.1, 0.15) is 41.9 Å². The number of hydrogen-bond acceptors (Lipinski definition) is 4. The molecule has 1 aromatic heterocycles. The van der Waals surface area contributed by atoms with Gasteiger partial charge in [-0.15, -0.1) is 0 Å². The Morgan fingerprint density at radius 3 is 2.67 bits per heavy atom. The number of aryl methyl sites for hydroxylation is 1. The SMILES string of the molecule is Cc1cc(C(=O)Nc2cc(Cl)ccc2Cl)nc(NC2CCCC2)n1. The maximum Gasteiger partial charge on any atom is 0.274 e. The monoisotopic (exact) mass is 364 g/mol. The van der Waals surface area contributed by atoms with Gasteiger partial charge in [-0.3, -0.25) is 4.79 Å². The standard InChI is InChI=1S/C17H18Cl2N4O/c1-10-8-15(23-17(20-10)21-12-4-2-3-5-12)16(24)22-14-9-11(18)6-7-13(14)19/h6-9,12H,2-5H2,1H3,(H,22,24)(H,20,21,23). The molecular weight excluding hydrogens is 347 g/mol. The molecular formula is C17H18Cl2N4O. The Morgan fingerprint density at radius 2 is 1.92 bits per heavy atom. The summed E-state index contributed by atoms with van der Waals surface area (Å²) in [7, 11) is 0. The van der Waals surface area contributed by atoms with Gasteiger partial charge in [0.2, 0.25) is 5.95 Å². The van der Waals surface area contributed by atoms with Crippen LogP contribution in [-0.4, -0.2) is 21.9 Å². The van der Waals surface area contributed by atoms with Gasteiger partial charge in [0.25, 0.3) is 5.91 Å². The fourth-order valence-corrected chi connectivity index (χ4v) is 3.12. The molecule has 1 saturated carbocycles. The van der Waals surface area contributed by atoms with Crippen LogP contribution in [0.2, 0.25) is 10.0 Å². The molecule has 24 heavy (non-hydrogen) atoms. The second-order valence-corrected chi connectivity index (χ2v) is 6.77. The molecule has 0 bridgehead atoms. The number of rotatable bonds is 4. The molecule has 1 aliphatic rings. The lowest BCUT2D eigenvalue weighted by Crippen LogP contribution is -2.20. The molecule has 2 N–H and O–H groups in total. The van der Waals surface area contributed by atoms with Crippen LogP contribution in [0, 0.1) is 6.92 Å². The van der Waals surface area contributed by atoms with E-state index >= 15 is 0 Å². The number of carbonyl (C=O) groups excluding carboxylic acids is 1. The second kappa shape index (κ2) is 7.36. The van der Waals surface area contributed by atoms with Gasteiger partial charge in [0.15, 0.2) is 0 Å². The van der Waals surface area contributed by atoms with Crippen molar-refractivity contribution in [3.05, 3.63) is 45.7 Å². The van der Waals surface area contributed by atoms with Crippen LogP contribution >= 0.6 is 23.2 Å². The third kappa shape index (κ3) is 4.16. The van der Waals surface area contributed by atoms with Crippen LogP contribution in [0.5, 0.6) is 0 Å². The lowest BCUT2D eigenvalue weighted by Gasteiger charge is -2.13. The van der Waals surface area contributed by atoms with Crippen molar-refractivity contribution in [3.8, 4) is 0 Å². The summed E-state index contributed by atoms with van der Waals surface area (Å²) in [5.74, 6) is 0.142. The van der Waals surface area contributed by atoms with Gasteiger partial charge < -0.3 is 10.6 Å². The van der Waals surface area contributed by atoms with E-state index in [1.807, 2.05) is 6.92 Å². The van der Waals surface area contributed by atoms with Crippen molar-refractivity contribution < 1.29 is 4.79 Å². The molecule has 1 aromatic carbocycles. The minimum atomic E-state index is -0.348. The number of nitrogens with zero attached hydrogens (tertiary/aromatic N) is 2. The first kappa shape index (κ1) is 17.0. The molecule has 0 aliphatic heterocycles. The van der Waals surface area contributed by atoms with Crippen LogP contribution in [0.25, 0.3) is 0 Å². The summed E-state index contributed by atoms with van der Waals surface area (Å²) in [6, 6.07) is 6.93. The van der Waals surface area contributed by atoms with Gasteiger partial charge in [-0.1, -0.05) is 36.0 Å². The van der Waals surface area contributed by atoms with Crippen molar-refractivity contribution >= 4 is 40.7 Å². The highest BCUT2D eigenvalue weighted by atomic mass is 35.5. The Hall–Kier alpha value is -1.85. The molecule has 5 nitrogen and oxygen atoms in total. The van der Waals surface area contributed by atoms with E-state index in [0.29, 0.717) is 33.4 Å². The zero-order chi connectivity index (χ0) is 17.1. The molecule has 0 spiro atoms. The van der Waals surface area contributed by atoms with Gasteiger partial charge >= 0.3 is 0 Å². The summed E-state index contributed by atoms with van der Waals surface area (Å²) < 4.78 is 0. The number of benzene rings is 1. The van der Waals surface area contributed by atoms with E-state index in [2.05, 4.69) is 20.6 Å². The first-order valence-electron chi connectivity index (χ1n) is 7.90. The van der Waals surface area contributed by atoms with Crippen molar-refractivity contribution in [2.75, 3.05) is 10.6 Å². The Balaban J connectivity index is 1.78. The third-order valence-corrected chi connectivity index (χ3v) is 4.52. The molecule has 1 amide bonds. The molecule has 1 aliphatic carbocycles. The summed E-state index contributed by atoms with van der Waals surface area (Å²) in [6.07, 6.45) is 4.64. The molecule has 7 heteroatoms. The van der Waals surface area contributed by atoms with Crippen LogP contribution in [0.4, 0.5) is 11.6 Å². The van der Waals surface area contributed by atoms with Gasteiger partial charge in [0, 0.05) is 16.8 Å². The molecule has 0 saturated heterocycles. The Kier molecular flexibility index (Phi) is 5.21. The topological polar surface area (TPSA) is 66.9 Å². The van der Waals surface area contributed by atoms with Gasteiger partial charge in [-0.05, 0) is 44.0 Å². The van der Waals surface area contributed by atoms with Crippen LogP contribution < -0.4 is 10.6 Å². The summed E-state index contributed by atoms with van der Waals surface area (Å²) in [4.78, 5) is 21.2. The fraction of sp³-hybridized carbons (Fsp3) is 0.353. The highest BCUT2D eigenvalue weighted by molar-refractivity contribution is 6.35. The first-order chi connectivity index (χ1) is 11.5. The number of aromatic nitrogens is 2. The molecule has 1 heterocycles. The zero-order valence-electron chi connectivity index (χ0n) is 13.3. The molecule has 0 radical (unpaired) electrons. The predicted molar refractivity (Wildman–Crippen MR) is 97.1 cm³/mol. The number of halogens is 2. The van der Waals surface area contributed by atoms with Gasteiger partial charge in [-0.2, -0.15) is 0 Å². The fourth-order valence-electron chi connectivity index (χ4n) is 2.78. The van der Waals surface area contributed by atoms with E-state index in [9.17, 15) is 4.79 Å². The average molecular weight is 365 g/mol. The van der Waals surface area contributed by atoms with Crippen molar-refractivity contribution in [2.24, 2.45) is 0 Å².